The number of aliphatic hydroxyl groups excluding tert-OH is 2. The van der Waals surface area contributed by atoms with E-state index in [0.717, 1.165) is 18.2 Å². The maximum atomic E-state index is 13.7. The molecule has 3 unspecified atom stereocenters. The lowest BCUT2D eigenvalue weighted by Gasteiger charge is -2.46. The van der Waals surface area contributed by atoms with Gasteiger partial charge in [-0.2, -0.15) is 0 Å². The van der Waals surface area contributed by atoms with Crippen molar-refractivity contribution in [1.82, 2.24) is 0 Å². The Morgan fingerprint density at radius 2 is 1.81 bits per heavy atom. The van der Waals surface area contributed by atoms with Gasteiger partial charge in [-0.05, 0) is 74.3 Å². The molecule has 0 aromatic heterocycles. The molecular formula is C25H28ClF2NO6S. The number of benzene rings is 2. The fourth-order valence-corrected chi connectivity index (χ4v) is 8.26. The van der Waals surface area contributed by atoms with Gasteiger partial charge < -0.3 is 20.6 Å². The monoisotopic (exact) mass is 543 g/mol. The van der Waals surface area contributed by atoms with E-state index in [-0.39, 0.29) is 39.9 Å². The summed E-state index contributed by atoms with van der Waals surface area (Å²) in [6.07, 6.45) is -1.97. The van der Waals surface area contributed by atoms with Crippen molar-refractivity contribution in [3.05, 3.63) is 58.6 Å². The maximum Gasteiger partial charge on any atom is 0.255 e. The topological polar surface area (TPSA) is 124 Å². The Morgan fingerprint density at radius 1 is 1.11 bits per heavy atom. The molecular weight excluding hydrogens is 516 g/mol. The quantitative estimate of drug-likeness (QED) is 0.442. The van der Waals surface area contributed by atoms with Crippen LogP contribution in [-0.2, 0) is 9.84 Å². The van der Waals surface area contributed by atoms with Crippen LogP contribution in [0.5, 0.6) is 0 Å². The van der Waals surface area contributed by atoms with E-state index in [1.165, 1.54) is 25.1 Å². The van der Waals surface area contributed by atoms with Crippen molar-refractivity contribution < 1.29 is 37.3 Å². The first-order chi connectivity index (χ1) is 16.8. The average Bonchev–Trinajstić information content (AvgIpc) is 2.94. The summed E-state index contributed by atoms with van der Waals surface area (Å²) in [4.78, 5) is 12.5. The van der Waals surface area contributed by atoms with Crippen LogP contribution in [0.2, 0.25) is 5.02 Å². The number of nitrogens with one attached hydrogen (secondary N) is 1. The Bertz CT molecular complexity index is 1290. The lowest BCUT2D eigenvalue weighted by molar-refractivity contribution is -0.175. The number of hydrogen-bond donors (Lipinski definition) is 4. The molecule has 7 atom stereocenters. The predicted octanol–water partition coefficient (Wildman–Crippen LogP) is 3.55. The molecule has 11 heteroatoms. The first-order valence-electron chi connectivity index (χ1n) is 11.6. The second-order valence-corrected chi connectivity index (χ2v) is 12.6. The fraction of sp³-hybridized carbons (Fsp3) is 0.480. The van der Waals surface area contributed by atoms with Crippen LogP contribution in [-0.4, -0.2) is 52.7 Å². The molecule has 0 aliphatic heterocycles. The molecule has 2 bridgehead atoms. The molecule has 4 N–H and O–H groups in total. The lowest BCUT2D eigenvalue weighted by Crippen LogP contribution is -2.59. The molecule has 0 spiro atoms. The zero-order chi connectivity index (χ0) is 26.6. The molecule has 36 heavy (non-hydrogen) atoms. The van der Waals surface area contributed by atoms with E-state index in [2.05, 4.69) is 5.32 Å². The van der Waals surface area contributed by atoms with Gasteiger partial charge in [0.05, 0.1) is 26.9 Å². The Kier molecular flexibility index (Phi) is 7.22. The van der Waals surface area contributed by atoms with E-state index < -0.39 is 62.3 Å². The van der Waals surface area contributed by atoms with Crippen molar-refractivity contribution in [1.29, 1.82) is 0 Å². The van der Waals surface area contributed by atoms with E-state index in [1.807, 2.05) is 6.92 Å². The number of halogens is 3. The van der Waals surface area contributed by atoms with Crippen molar-refractivity contribution in [3.63, 3.8) is 0 Å². The normalized spacial score (nSPS) is 29.6. The Hall–Kier alpha value is -2.11. The van der Waals surface area contributed by atoms with Crippen molar-refractivity contribution in [2.75, 3.05) is 5.32 Å². The third-order valence-corrected chi connectivity index (χ3v) is 10.4. The highest BCUT2D eigenvalue weighted by Crippen LogP contribution is 2.56. The summed E-state index contributed by atoms with van der Waals surface area (Å²) in [5.74, 6) is -4.13. The van der Waals surface area contributed by atoms with Crippen LogP contribution in [0.4, 0.5) is 14.5 Å². The molecule has 2 saturated carbocycles. The highest BCUT2D eigenvalue weighted by molar-refractivity contribution is 7.92. The van der Waals surface area contributed by atoms with Crippen LogP contribution in [0.1, 0.15) is 43.5 Å². The maximum absolute atomic E-state index is 13.7. The molecule has 2 aromatic carbocycles. The minimum atomic E-state index is -4.06. The fourth-order valence-electron chi connectivity index (χ4n) is 5.88. The van der Waals surface area contributed by atoms with Crippen molar-refractivity contribution in [2.45, 2.75) is 61.1 Å². The van der Waals surface area contributed by atoms with E-state index in [4.69, 9.17) is 11.6 Å². The minimum absolute atomic E-state index is 0.00736. The van der Waals surface area contributed by atoms with Crippen molar-refractivity contribution in [2.24, 2.45) is 17.8 Å². The summed E-state index contributed by atoms with van der Waals surface area (Å²) < 4.78 is 54.0. The van der Waals surface area contributed by atoms with E-state index in [0.29, 0.717) is 6.42 Å². The highest BCUT2D eigenvalue weighted by Gasteiger charge is 2.62. The number of amides is 1. The number of sulfone groups is 1. The smallest absolute Gasteiger partial charge is 0.255 e. The minimum Gasteiger partial charge on any atom is -0.391 e. The van der Waals surface area contributed by atoms with Crippen molar-refractivity contribution in [3.8, 4) is 0 Å². The zero-order valence-corrected chi connectivity index (χ0v) is 21.2. The number of hydrogen-bond acceptors (Lipinski definition) is 6. The van der Waals surface area contributed by atoms with Crippen LogP contribution >= 0.6 is 11.6 Å². The van der Waals surface area contributed by atoms with Gasteiger partial charge in [0.1, 0.15) is 6.10 Å². The third-order valence-electron chi connectivity index (χ3n) is 7.70. The second-order valence-electron chi connectivity index (χ2n) is 9.96. The van der Waals surface area contributed by atoms with Gasteiger partial charge in [0.15, 0.2) is 21.5 Å². The molecule has 0 saturated heterocycles. The summed E-state index contributed by atoms with van der Waals surface area (Å²) in [7, 11) is -4.06. The lowest BCUT2D eigenvalue weighted by atomic mass is 9.69. The summed E-state index contributed by atoms with van der Waals surface area (Å²) in [6, 6.07) is 6.58. The molecule has 4 rings (SSSR count). The Balaban J connectivity index is 1.61. The SMILES string of the molecule is C[C@H](O)[C@@H](O)[C@@]1(O)C2CC(S(=O)(=O)c3cc(C(=O)Nc4ccc(F)c(F)c4)ccc3Cl)CC1[C@@H](C)C2. The third kappa shape index (κ3) is 4.54. The number of fused-ring (bicyclic) bond motifs is 2. The summed E-state index contributed by atoms with van der Waals surface area (Å²) in [5.41, 5.74) is -1.65. The predicted molar refractivity (Wildman–Crippen MR) is 129 cm³/mol. The van der Waals surface area contributed by atoms with Crippen LogP contribution in [0, 0.1) is 29.4 Å². The summed E-state index contributed by atoms with van der Waals surface area (Å²) >= 11 is 6.24. The van der Waals surface area contributed by atoms with Gasteiger partial charge in [-0.3, -0.25) is 4.79 Å². The van der Waals surface area contributed by atoms with Gasteiger partial charge in [-0.15, -0.1) is 0 Å². The number of anilines is 1. The molecule has 196 valence electrons. The first kappa shape index (κ1) is 26.9. The molecule has 0 heterocycles. The van der Waals surface area contributed by atoms with E-state index in [1.54, 1.807) is 0 Å². The molecule has 2 aliphatic carbocycles. The van der Waals surface area contributed by atoms with Gasteiger partial charge in [0.25, 0.3) is 5.91 Å². The number of aliphatic hydroxyl groups is 3. The molecule has 0 radical (unpaired) electrons. The van der Waals surface area contributed by atoms with Gasteiger partial charge >= 0.3 is 0 Å². The summed E-state index contributed by atoms with van der Waals surface area (Å²) in [6.45, 7) is 3.27. The van der Waals surface area contributed by atoms with E-state index >= 15 is 0 Å². The second kappa shape index (κ2) is 9.64. The van der Waals surface area contributed by atoms with Gasteiger partial charge in [-0.1, -0.05) is 18.5 Å². The zero-order valence-electron chi connectivity index (χ0n) is 19.7. The summed E-state index contributed by atoms with van der Waals surface area (Å²) in [5, 5.41) is 33.2. The molecule has 2 aliphatic rings. The molecule has 7 nitrogen and oxygen atoms in total. The van der Waals surface area contributed by atoms with Crippen LogP contribution < -0.4 is 5.32 Å². The molecule has 2 aromatic rings. The van der Waals surface area contributed by atoms with Crippen LogP contribution in [0.25, 0.3) is 0 Å². The standard InChI is InChI=1S/C25H28ClF2NO6S/c1-12-7-15-9-17(11-18(12)25(15,33)23(31)13(2)30)36(34,35)22-8-14(3-5-19(22)26)24(32)29-16-4-6-20(27)21(28)10-16/h3-6,8,10,12-13,15,17-18,23,30-31,33H,7,9,11H2,1-2H3,(H,29,32)/t12-,13-,15?,17?,18?,23+,25+/m0/s1. The highest BCUT2D eigenvalue weighted by atomic mass is 35.5. The van der Waals surface area contributed by atoms with Crippen LogP contribution in [0.15, 0.2) is 41.3 Å². The van der Waals surface area contributed by atoms with Crippen LogP contribution in [0.3, 0.4) is 0 Å². The van der Waals surface area contributed by atoms with Gasteiger partial charge in [0, 0.05) is 17.3 Å². The molecule has 2 fully saturated rings. The Labute approximate surface area is 213 Å². The number of carbonyl (C=O) groups excluding carboxylic acids is 1. The van der Waals surface area contributed by atoms with Gasteiger partial charge in [-0.25, -0.2) is 17.2 Å². The largest absolute Gasteiger partial charge is 0.391 e. The Morgan fingerprint density at radius 3 is 2.42 bits per heavy atom. The molecule has 1 amide bonds. The average molecular weight is 544 g/mol. The van der Waals surface area contributed by atoms with E-state index in [9.17, 15) is 37.3 Å². The number of carbonyl (C=O) groups is 1. The van der Waals surface area contributed by atoms with Crippen molar-refractivity contribution >= 4 is 33.0 Å². The van der Waals surface area contributed by atoms with Gasteiger partial charge in [0.2, 0.25) is 0 Å². The first-order valence-corrected chi connectivity index (χ1v) is 13.6. The number of rotatable bonds is 6.